The van der Waals surface area contributed by atoms with Crippen molar-refractivity contribution in [2.45, 2.75) is 20.3 Å². The van der Waals surface area contributed by atoms with Crippen LogP contribution in [0, 0.1) is 13.8 Å². The minimum atomic E-state index is -0.00917. The molecule has 5 heteroatoms. The summed E-state index contributed by atoms with van der Waals surface area (Å²) in [5.41, 5.74) is 8.37. The Bertz CT molecular complexity index is 469. The number of aryl methyl sites for hydroxylation is 2. The normalized spacial score (nSPS) is 10.3. The van der Waals surface area contributed by atoms with E-state index in [0.29, 0.717) is 36.7 Å². The van der Waals surface area contributed by atoms with E-state index in [9.17, 15) is 4.79 Å². The van der Waals surface area contributed by atoms with E-state index in [2.05, 4.69) is 0 Å². The molecule has 0 aliphatic carbocycles. The molecule has 0 atom stereocenters. The van der Waals surface area contributed by atoms with Gasteiger partial charge in [-0.15, -0.1) is 0 Å². The lowest BCUT2D eigenvalue weighted by Crippen LogP contribution is -2.36. The van der Waals surface area contributed by atoms with Crippen LogP contribution in [0.15, 0.2) is 18.2 Å². The van der Waals surface area contributed by atoms with Crippen LogP contribution in [0.25, 0.3) is 0 Å². The molecule has 1 aromatic rings. The summed E-state index contributed by atoms with van der Waals surface area (Å²) in [6, 6.07) is 5.84. The summed E-state index contributed by atoms with van der Waals surface area (Å²) in [6.07, 6.45) is 0.523. The van der Waals surface area contributed by atoms with Gasteiger partial charge < -0.3 is 15.4 Å². The van der Waals surface area contributed by atoms with Crippen LogP contribution in [-0.2, 0) is 4.74 Å². The molecule has 0 spiro atoms. The van der Waals surface area contributed by atoms with Gasteiger partial charge in [0.15, 0.2) is 0 Å². The molecule has 4 nitrogen and oxygen atoms in total. The number of thiocarbonyl (C=S) groups is 1. The minimum absolute atomic E-state index is 0.00917. The quantitative estimate of drug-likeness (QED) is 0.782. The Hall–Kier alpha value is -1.46. The highest BCUT2D eigenvalue weighted by atomic mass is 32.1. The summed E-state index contributed by atoms with van der Waals surface area (Å²) in [5, 5.41) is 0. The summed E-state index contributed by atoms with van der Waals surface area (Å²) < 4.78 is 5.05. The Labute approximate surface area is 125 Å². The lowest BCUT2D eigenvalue weighted by Gasteiger charge is -2.22. The van der Waals surface area contributed by atoms with Gasteiger partial charge in [-0.1, -0.05) is 29.4 Å². The van der Waals surface area contributed by atoms with E-state index in [4.69, 9.17) is 22.7 Å². The fourth-order valence-corrected chi connectivity index (χ4v) is 2.13. The highest BCUT2D eigenvalue weighted by molar-refractivity contribution is 7.80. The van der Waals surface area contributed by atoms with Crippen LogP contribution >= 0.6 is 12.2 Å². The monoisotopic (exact) mass is 294 g/mol. The summed E-state index contributed by atoms with van der Waals surface area (Å²) >= 11 is 4.88. The number of carbonyl (C=O) groups is 1. The largest absolute Gasteiger partial charge is 0.393 e. The van der Waals surface area contributed by atoms with Gasteiger partial charge in [0.25, 0.3) is 5.91 Å². The third kappa shape index (κ3) is 5.27. The van der Waals surface area contributed by atoms with E-state index in [1.165, 1.54) is 0 Å². The van der Waals surface area contributed by atoms with E-state index in [1.807, 2.05) is 32.0 Å². The van der Waals surface area contributed by atoms with Crippen molar-refractivity contribution < 1.29 is 9.53 Å². The van der Waals surface area contributed by atoms with E-state index < -0.39 is 0 Å². The Balaban J connectivity index is 2.87. The third-order valence-electron chi connectivity index (χ3n) is 2.95. The van der Waals surface area contributed by atoms with Crippen LogP contribution in [0.1, 0.15) is 27.9 Å². The zero-order valence-electron chi connectivity index (χ0n) is 12.3. The zero-order valence-corrected chi connectivity index (χ0v) is 13.1. The predicted octanol–water partition coefficient (Wildman–Crippen LogP) is 2.07. The van der Waals surface area contributed by atoms with Gasteiger partial charge in [0.1, 0.15) is 0 Å². The van der Waals surface area contributed by atoms with Crippen LogP contribution < -0.4 is 5.73 Å². The number of nitrogens with zero attached hydrogens (tertiary/aromatic N) is 1. The van der Waals surface area contributed by atoms with Crippen molar-refractivity contribution in [1.82, 2.24) is 4.90 Å². The summed E-state index contributed by atoms with van der Waals surface area (Å²) in [7, 11) is 1.62. The highest BCUT2D eigenvalue weighted by Gasteiger charge is 2.16. The van der Waals surface area contributed by atoms with Gasteiger partial charge >= 0.3 is 0 Å². The molecule has 20 heavy (non-hydrogen) atoms. The molecule has 0 saturated heterocycles. The molecule has 1 aromatic carbocycles. The van der Waals surface area contributed by atoms with Crippen molar-refractivity contribution in [1.29, 1.82) is 0 Å². The molecule has 0 aliphatic heterocycles. The number of benzene rings is 1. The smallest absolute Gasteiger partial charge is 0.253 e. The molecule has 0 aromatic heterocycles. The third-order valence-corrected chi connectivity index (χ3v) is 3.15. The second kappa shape index (κ2) is 7.97. The summed E-state index contributed by atoms with van der Waals surface area (Å²) in [5.74, 6) is -0.00917. The van der Waals surface area contributed by atoms with E-state index in [0.717, 1.165) is 11.1 Å². The van der Waals surface area contributed by atoms with Crippen molar-refractivity contribution in [3.63, 3.8) is 0 Å². The lowest BCUT2D eigenvalue weighted by molar-refractivity contribution is 0.0701. The fourth-order valence-electron chi connectivity index (χ4n) is 2.04. The standard InChI is InChI=1S/C15H22N2O2S/c1-11-8-12(2)10-13(9-11)15(18)17(6-7-19-3)5-4-14(16)20/h8-10H,4-7H2,1-3H3,(H2,16,20). The van der Waals surface area contributed by atoms with Gasteiger partial charge in [-0.05, 0) is 26.0 Å². The average Bonchev–Trinajstić information content (AvgIpc) is 2.36. The van der Waals surface area contributed by atoms with Crippen molar-refractivity contribution in [2.75, 3.05) is 26.8 Å². The second-order valence-corrected chi connectivity index (χ2v) is 5.40. The number of carbonyl (C=O) groups excluding carboxylic acids is 1. The zero-order chi connectivity index (χ0) is 15.1. The van der Waals surface area contributed by atoms with Crippen molar-refractivity contribution in [3.05, 3.63) is 34.9 Å². The van der Waals surface area contributed by atoms with Crippen molar-refractivity contribution in [2.24, 2.45) is 5.73 Å². The Morgan fingerprint density at radius 3 is 2.35 bits per heavy atom. The molecule has 0 heterocycles. The number of amides is 1. The number of ether oxygens (including phenoxy) is 1. The van der Waals surface area contributed by atoms with Gasteiger partial charge in [0, 0.05) is 32.2 Å². The molecule has 0 fully saturated rings. The number of rotatable bonds is 7. The maximum absolute atomic E-state index is 12.6. The number of hydrogen-bond acceptors (Lipinski definition) is 3. The van der Waals surface area contributed by atoms with Crippen molar-refractivity contribution >= 4 is 23.1 Å². The summed E-state index contributed by atoms with van der Waals surface area (Å²) in [4.78, 5) is 14.7. The maximum Gasteiger partial charge on any atom is 0.253 e. The molecule has 0 unspecified atom stereocenters. The first-order chi connectivity index (χ1) is 9.43. The van der Waals surface area contributed by atoms with Gasteiger partial charge in [-0.25, -0.2) is 0 Å². The van der Waals surface area contributed by atoms with Crippen LogP contribution in [0.2, 0.25) is 0 Å². The topological polar surface area (TPSA) is 55.6 Å². The first-order valence-electron chi connectivity index (χ1n) is 6.59. The molecule has 0 radical (unpaired) electrons. The molecule has 0 aliphatic rings. The second-order valence-electron chi connectivity index (χ2n) is 4.88. The molecule has 0 saturated carbocycles. The molecular formula is C15H22N2O2S. The van der Waals surface area contributed by atoms with Gasteiger partial charge in [-0.3, -0.25) is 4.79 Å². The first-order valence-corrected chi connectivity index (χ1v) is 6.99. The Morgan fingerprint density at radius 1 is 1.25 bits per heavy atom. The summed E-state index contributed by atoms with van der Waals surface area (Å²) in [6.45, 7) is 5.51. The number of nitrogens with two attached hydrogens (primary N) is 1. The lowest BCUT2D eigenvalue weighted by atomic mass is 10.1. The Kier molecular flexibility index (Phi) is 6.61. The fraction of sp³-hybridized carbons (Fsp3) is 0.467. The molecule has 110 valence electrons. The molecule has 1 amide bonds. The average molecular weight is 294 g/mol. The van der Waals surface area contributed by atoms with Crippen LogP contribution in [0.5, 0.6) is 0 Å². The van der Waals surface area contributed by atoms with Gasteiger partial charge in [-0.2, -0.15) is 0 Å². The van der Waals surface area contributed by atoms with Gasteiger partial charge in [0.2, 0.25) is 0 Å². The molecule has 1 rings (SSSR count). The Morgan fingerprint density at radius 2 is 1.85 bits per heavy atom. The molecule has 0 bridgehead atoms. The minimum Gasteiger partial charge on any atom is -0.393 e. The number of methoxy groups -OCH3 is 1. The van der Waals surface area contributed by atoms with E-state index >= 15 is 0 Å². The van der Waals surface area contributed by atoms with E-state index in [-0.39, 0.29) is 5.91 Å². The first kappa shape index (κ1) is 16.6. The predicted molar refractivity (Wildman–Crippen MR) is 85.1 cm³/mol. The number of hydrogen-bond donors (Lipinski definition) is 1. The van der Waals surface area contributed by atoms with Crippen LogP contribution in [0.3, 0.4) is 0 Å². The maximum atomic E-state index is 12.6. The van der Waals surface area contributed by atoms with Crippen LogP contribution in [-0.4, -0.2) is 42.6 Å². The SMILES string of the molecule is COCCN(CCC(N)=S)C(=O)c1cc(C)cc(C)c1. The van der Waals surface area contributed by atoms with E-state index in [1.54, 1.807) is 12.0 Å². The molecule has 2 N–H and O–H groups in total. The van der Waals surface area contributed by atoms with Gasteiger partial charge in [0.05, 0.1) is 11.6 Å². The highest BCUT2D eigenvalue weighted by Crippen LogP contribution is 2.12. The van der Waals surface area contributed by atoms with Crippen molar-refractivity contribution in [3.8, 4) is 0 Å². The van der Waals surface area contributed by atoms with Crippen LogP contribution in [0.4, 0.5) is 0 Å². The molecular weight excluding hydrogens is 272 g/mol.